The molecule has 4 heterocycles. The highest BCUT2D eigenvalue weighted by Gasteiger charge is 2.74. The number of fused-ring (bicyclic) bond motifs is 4. The minimum atomic E-state index is -3.85. The molecule has 7 unspecified atom stereocenters. The van der Waals surface area contributed by atoms with Crippen molar-refractivity contribution in [3.63, 3.8) is 0 Å². The lowest BCUT2D eigenvalue weighted by molar-refractivity contribution is 0.00389. The molecular formula is C8H26O13Si8. The van der Waals surface area contributed by atoms with Gasteiger partial charge in [0, 0.05) is 52.4 Å². The van der Waals surface area contributed by atoms with E-state index >= 15 is 0 Å². The second-order valence-corrected chi connectivity index (χ2v) is 31.0. The topological polar surface area (TPSA) is 142 Å². The molecule has 4 fully saturated rings. The third-order valence-corrected chi connectivity index (χ3v) is 36.9. The van der Waals surface area contributed by atoms with Crippen LogP contribution >= 0.6 is 0 Å². The van der Waals surface area contributed by atoms with Gasteiger partial charge in [-0.25, -0.2) is 0 Å². The lowest BCUT2D eigenvalue weighted by Gasteiger charge is -2.56. The summed E-state index contributed by atoms with van der Waals surface area (Å²) in [6.45, 7) is 12.4. The molecule has 4 aliphatic rings. The molecule has 0 amide bonds. The standard InChI is InChI=1S/C8H26O13Si8/c1-22(9)11-24(3)15-26(5)13-23(2,10)14-27(6)16-25(4,12-22)18-28(7,17-24)21-29(8,19-26)20-27/h9-10H,1-8H3/t22?,23?,24-,25?,26?,27?,28?,29?/m0/s1. The van der Waals surface area contributed by atoms with Crippen molar-refractivity contribution in [2.45, 2.75) is 52.4 Å². The van der Waals surface area contributed by atoms with Crippen LogP contribution in [0.1, 0.15) is 0 Å². The van der Waals surface area contributed by atoms with Crippen molar-refractivity contribution in [2.24, 2.45) is 0 Å². The maximum absolute atomic E-state index is 10.9. The molecule has 0 saturated carbocycles. The van der Waals surface area contributed by atoms with Gasteiger partial charge in [-0.3, -0.25) is 0 Å². The average molecular weight is 555 g/mol. The molecule has 21 heteroatoms. The summed E-state index contributed by atoms with van der Waals surface area (Å²) in [5.41, 5.74) is 0. The summed E-state index contributed by atoms with van der Waals surface area (Å²) in [6.07, 6.45) is 0. The summed E-state index contributed by atoms with van der Waals surface area (Å²) >= 11 is 0. The van der Waals surface area contributed by atoms with Crippen LogP contribution in [0.2, 0.25) is 52.4 Å². The van der Waals surface area contributed by atoms with E-state index < -0.39 is 70.4 Å². The molecule has 4 rings (SSSR count). The normalized spacial score (nSPS) is 63.1. The molecule has 0 aromatic heterocycles. The van der Waals surface area contributed by atoms with E-state index in [0.29, 0.717) is 0 Å². The molecular weight excluding hydrogens is 529 g/mol. The first-order chi connectivity index (χ1) is 12.8. The van der Waals surface area contributed by atoms with Crippen molar-refractivity contribution < 1.29 is 54.9 Å². The van der Waals surface area contributed by atoms with Gasteiger partial charge in [0.1, 0.15) is 0 Å². The van der Waals surface area contributed by atoms with Gasteiger partial charge in [-0.2, -0.15) is 0 Å². The minimum absolute atomic E-state index is 1.42. The van der Waals surface area contributed by atoms with Gasteiger partial charge in [0.15, 0.2) is 0 Å². The zero-order chi connectivity index (χ0) is 21.8. The molecule has 6 bridgehead atoms. The van der Waals surface area contributed by atoms with Crippen molar-refractivity contribution in [3.05, 3.63) is 0 Å². The molecule has 0 aromatic carbocycles. The molecule has 8 atom stereocenters. The van der Waals surface area contributed by atoms with E-state index in [0.717, 1.165) is 0 Å². The Kier molecular flexibility index (Phi) is 5.17. The Morgan fingerprint density at radius 2 is 0.448 bits per heavy atom. The summed E-state index contributed by atoms with van der Waals surface area (Å²) < 4.78 is 67.4. The zero-order valence-corrected chi connectivity index (χ0v) is 25.4. The monoisotopic (exact) mass is 554 g/mol. The Labute approximate surface area is 177 Å². The Morgan fingerprint density at radius 3 is 0.621 bits per heavy atom. The lowest BCUT2D eigenvalue weighted by atomic mass is 11.9. The van der Waals surface area contributed by atoms with E-state index in [-0.39, 0.29) is 0 Å². The maximum atomic E-state index is 10.9. The van der Waals surface area contributed by atoms with Crippen LogP contribution in [0.4, 0.5) is 0 Å². The lowest BCUT2D eigenvalue weighted by Crippen LogP contribution is -2.82. The summed E-state index contributed by atoms with van der Waals surface area (Å²) in [7, 11) is -29.6. The summed E-state index contributed by atoms with van der Waals surface area (Å²) in [5, 5.41) is 0. The Bertz CT molecular complexity index is 614. The smallest absolute Gasteiger partial charge is 0.391 e. The molecule has 29 heavy (non-hydrogen) atoms. The van der Waals surface area contributed by atoms with Gasteiger partial charge < -0.3 is 54.9 Å². The molecule has 13 nitrogen and oxygen atoms in total. The van der Waals surface area contributed by atoms with Crippen molar-refractivity contribution >= 4 is 70.4 Å². The van der Waals surface area contributed by atoms with Gasteiger partial charge in [-0.05, 0) is 0 Å². The molecule has 2 N–H and O–H groups in total. The van der Waals surface area contributed by atoms with Crippen molar-refractivity contribution in [1.29, 1.82) is 0 Å². The van der Waals surface area contributed by atoms with Crippen LogP contribution in [0.3, 0.4) is 0 Å². The number of hydrogen-bond acceptors (Lipinski definition) is 13. The highest BCUT2D eigenvalue weighted by molar-refractivity contribution is 6.99. The van der Waals surface area contributed by atoms with E-state index in [4.69, 9.17) is 45.3 Å². The largest absolute Gasteiger partial charge is 0.480 e. The fourth-order valence-corrected chi connectivity index (χ4v) is 44.9. The van der Waals surface area contributed by atoms with Gasteiger partial charge >= 0.3 is 70.4 Å². The highest BCUT2D eigenvalue weighted by Crippen LogP contribution is 2.43. The Hall–Kier alpha value is 1.22. The van der Waals surface area contributed by atoms with E-state index in [1.165, 1.54) is 13.1 Å². The van der Waals surface area contributed by atoms with Crippen LogP contribution in [-0.4, -0.2) is 80.0 Å². The molecule has 4 saturated heterocycles. The fraction of sp³-hybridized carbons (Fsp3) is 1.00. The second-order valence-electron chi connectivity index (χ2n) is 8.09. The van der Waals surface area contributed by atoms with Crippen LogP contribution in [0.25, 0.3) is 0 Å². The summed E-state index contributed by atoms with van der Waals surface area (Å²) in [6, 6.07) is 0. The van der Waals surface area contributed by atoms with Crippen LogP contribution in [0.5, 0.6) is 0 Å². The molecule has 0 aromatic rings. The first kappa shape index (κ1) is 23.4. The first-order valence-electron chi connectivity index (χ1n) is 8.94. The van der Waals surface area contributed by atoms with Gasteiger partial charge in [-0.1, -0.05) is 0 Å². The highest BCUT2D eigenvalue weighted by atomic mass is 28.6. The third kappa shape index (κ3) is 4.79. The zero-order valence-electron chi connectivity index (χ0n) is 17.4. The minimum Gasteiger partial charge on any atom is -0.391 e. The van der Waals surface area contributed by atoms with Gasteiger partial charge in [0.05, 0.1) is 0 Å². The predicted molar refractivity (Wildman–Crippen MR) is 109 cm³/mol. The van der Waals surface area contributed by atoms with E-state index in [9.17, 15) is 9.59 Å². The van der Waals surface area contributed by atoms with Crippen LogP contribution < -0.4 is 0 Å². The van der Waals surface area contributed by atoms with Gasteiger partial charge in [0.25, 0.3) is 0 Å². The van der Waals surface area contributed by atoms with Crippen LogP contribution in [0.15, 0.2) is 0 Å². The molecule has 0 radical (unpaired) electrons. The Morgan fingerprint density at radius 1 is 0.310 bits per heavy atom. The average Bonchev–Trinajstić information content (AvgIpc) is 2.22. The number of rotatable bonds is 0. The fourth-order valence-electron chi connectivity index (χ4n) is 4.15. The second kappa shape index (κ2) is 6.41. The van der Waals surface area contributed by atoms with Gasteiger partial charge in [-0.15, -0.1) is 0 Å². The predicted octanol–water partition coefficient (Wildman–Crippen LogP) is -0.242. The quantitative estimate of drug-likeness (QED) is 0.381. The maximum Gasteiger partial charge on any atom is 0.480 e. The summed E-state index contributed by atoms with van der Waals surface area (Å²) in [4.78, 5) is 21.8. The summed E-state index contributed by atoms with van der Waals surface area (Å²) in [5.74, 6) is 0. The van der Waals surface area contributed by atoms with Crippen molar-refractivity contribution in [1.82, 2.24) is 0 Å². The molecule has 168 valence electrons. The van der Waals surface area contributed by atoms with Crippen molar-refractivity contribution in [2.75, 3.05) is 0 Å². The van der Waals surface area contributed by atoms with E-state index in [2.05, 4.69) is 0 Å². The SMILES string of the molecule is C[Si]1(O)O[Si]2(C)O[Si]3(C)O[Si](C)(O)O[Si@@]4(C)O[Si](C)(O1)O[Si](C)(O2)O[Si](C)(O3)O4. The van der Waals surface area contributed by atoms with Crippen molar-refractivity contribution in [3.8, 4) is 0 Å². The van der Waals surface area contributed by atoms with Crippen LogP contribution in [-0.2, 0) is 45.3 Å². The van der Waals surface area contributed by atoms with Crippen LogP contribution in [0, 0.1) is 0 Å². The third-order valence-electron chi connectivity index (χ3n) is 4.09. The van der Waals surface area contributed by atoms with E-state index in [1.54, 1.807) is 39.3 Å². The molecule has 0 spiro atoms. The van der Waals surface area contributed by atoms with Gasteiger partial charge in [0.2, 0.25) is 0 Å². The first-order valence-corrected chi connectivity index (χ1v) is 26.8. The number of hydrogen-bond donors (Lipinski definition) is 2. The molecule has 4 aliphatic heterocycles. The molecule has 0 aliphatic carbocycles. The Balaban J connectivity index is 1.95. The van der Waals surface area contributed by atoms with E-state index in [1.807, 2.05) is 0 Å².